The van der Waals surface area contributed by atoms with Crippen LogP contribution in [-0.4, -0.2) is 5.11 Å². The molecule has 0 spiro atoms. The van der Waals surface area contributed by atoms with Crippen LogP contribution in [0, 0.1) is 18.6 Å². The van der Waals surface area contributed by atoms with Crippen molar-refractivity contribution in [2.75, 3.05) is 0 Å². The number of aryl methyl sites for hydroxylation is 1. The van der Waals surface area contributed by atoms with Gasteiger partial charge in [-0.25, -0.2) is 8.78 Å². The van der Waals surface area contributed by atoms with Gasteiger partial charge in [0.2, 0.25) is 0 Å². The molecular formula is C15H14F2O. The first-order valence-electron chi connectivity index (χ1n) is 5.75. The largest absolute Gasteiger partial charge is 0.388 e. The molecule has 1 N–H and O–H groups in total. The van der Waals surface area contributed by atoms with Crippen LogP contribution in [-0.2, 0) is 6.42 Å². The Balaban J connectivity index is 2.22. The number of hydrogen-bond donors (Lipinski definition) is 1. The summed E-state index contributed by atoms with van der Waals surface area (Å²) in [7, 11) is 0. The van der Waals surface area contributed by atoms with E-state index < -0.39 is 11.9 Å². The maximum Gasteiger partial charge on any atom is 0.126 e. The van der Waals surface area contributed by atoms with Gasteiger partial charge in [-0.2, -0.15) is 0 Å². The van der Waals surface area contributed by atoms with Crippen molar-refractivity contribution in [3.63, 3.8) is 0 Å². The second-order valence-electron chi connectivity index (χ2n) is 4.37. The highest BCUT2D eigenvalue weighted by Gasteiger charge is 2.12. The summed E-state index contributed by atoms with van der Waals surface area (Å²) in [6.07, 6.45) is -0.772. The van der Waals surface area contributed by atoms with Gasteiger partial charge in [0.1, 0.15) is 11.6 Å². The van der Waals surface area contributed by atoms with E-state index in [1.54, 1.807) is 31.2 Å². The summed E-state index contributed by atoms with van der Waals surface area (Å²) in [6.45, 7) is 1.75. The number of aliphatic hydroxyl groups excluding tert-OH is 1. The van der Waals surface area contributed by atoms with Crippen molar-refractivity contribution in [1.82, 2.24) is 0 Å². The Bertz CT molecular complexity index is 532. The Hall–Kier alpha value is -1.74. The van der Waals surface area contributed by atoms with Crippen LogP contribution in [0.5, 0.6) is 0 Å². The molecule has 0 aromatic heterocycles. The summed E-state index contributed by atoms with van der Waals surface area (Å²) in [5.74, 6) is -0.748. The average Bonchev–Trinajstić information content (AvgIpc) is 2.31. The van der Waals surface area contributed by atoms with Gasteiger partial charge in [0.25, 0.3) is 0 Å². The Morgan fingerprint density at radius 3 is 2.50 bits per heavy atom. The molecule has 0 aliphatic carbocycles. The van der Waals surface area contributed by atoms with Crippen molar-refractivity contribution < 1.29 is 13.9 Å². The minimum absolute atomic E-state index is 0.134. The van der Waals surface area contributed by atoms with E-state index in [4.69, 9.17) is 0 Å². The quantitative estimate of drug-likeness (QED) is 0.880. The molecule has 2 aromatic rings. The minimum Gasteiger partial charge on any atom is -0.388 e. The molecule has 0 aliphatic rings. The minimum atomic E-state index is -0.906. The fourth-order valence-corrected chi connectivity index (χ4v) is 1.95. The summed E-state index contributed by atoms with van der Waals surface area (Å²) in [5, 5.41) is 10.0. The maximum absolute atomic E-state index is 13.4. The molecule has 1 atom stereocenters. The van der Waals surface area contributed by atoms with E-state index in [0.29, 0.717) is 11.1 Å². The molecule has 0 saturated heterocycles. The molecule has 0 aliphatic heterocycles. The van der Waals surface area contributed by atoms with Crippen molar-refractivity contribution >= 4 is 0 Å². The molecule has 2 aromatic carbocycles. The first-order valence-corrected chi connectivity index (χ1v) is 5.75. The highest BCUT2D eigenvalue weighted by Crippen LogP contribution is 2.21. The Labute approximate surface area is 105 Å². The van der Waals surface area contributed by atoms with Gasteiger partial charge in [-0.1, -0.05) is 24.3 Å². The lowest BCUT2D eigenvalue weighted by Crippen LogP contribution is -2.04. The zero-order valence-electron chi connectivity index (χ0n) is 10.0. The van der Waals surface area contributed by atoms with Crippen LogP contribution in [0.3, 0.4) is 0 Å². The van der Waals surface area contributed by atoms with Crippen LogP contribution in [0.1, 0.15) is 22.8 Å². The highest BCUT2D eigenvalue weighted by molar-refractivity contribution is 5.27. The van der Waals surface area contributed by atoms with Gasteiger partial charge in [0, 0.05) is 6.42 Å². The third-order valence-corrected chi connectivity index (χ3v) is 2.82. The predicted molar refractivity (Wildman–Crippen MR) is 66.2 cm³/mol. The fourth-order valence-electron chi connectivity index (χ4n) is 1.95. The summed E-state index contributed by atoms with van der Waals surface area (Å²) >= 11 is 0. The SMILES string of the molecule is Cc1cc(F)cc(C(O)Cc2ccccc2F)c1. The molecule has 18 heavy (non-hydrogen) atoms. The lowest BCUT2D eigenvalue weighted by molar-refractivity contribution is 0.176. The molecule has 1 nitrogen and oxygen atoms in total. The van der Waals surface area contributed by atoms with Gasteiger partial charge >= 0.3 is 0 Å². The van der Waals surface area contributed by atoms with Crippen LogP contribution in [0.4, 0.5) is 8.78 Å². The van der Waals surface area contributed by atoms with E-state index in [1.165, 1.54) is 18.2 Å². The first-order chi connectivity index (χ1) is 8.56. The zero-order valence-corrected chi connectivity index (χ0v) is 10.0. The Morgan fingerprint density at radius 1 is 1.11 bits per heavy atom. The molecule has 94 valence electrons. The number of halogens is 2. The highest BCUT2D eigenvalue weighted by atomic mass is 19.1. The van der Waals surface area contributed by atoms with E-state index in [0.717, 1.165) is 5.56 Å². The summed E-state index contributed by atoms with van der Waals surface area (Å²) < 4.78 is 26.7. The molecule has 1 unspecified atom stereocenters. The monoisotopic (exact) mass is 248 g/mol. The van der Waals surface area contributed by atoms with Crippen LogP contribution >= 0.6 is 0 Å². The molecule has 0 radical (unpaired) electrons. The Kier molecular flexibility index (Phi) is 3.72. The lowest BCUT2D eigenvalue weighted by Gasteiger charge is -2.12. The van der Waals surface area contributed by atoms with Crippen molar-refractivity contribution in [3.05, 3.63) is 70.8 Å². The first kappa shape index (κ1) is 12.7. The topological polar surface area (TPSA) is 20.2 Å². The zero-order chi connectivity index (χ0) is 13.1. The van der Waals surface area contributed by atoms with Crippen molar-refractivity contribution in [3.8, 4) is 0 Å². The van der Waals surface area contributed by atoms with Crippen LogP contribution in [0.2, 0.25) is 0 Å². The van der Waals surface area contributed by atoms with Gasteiger partial charge in [-0.3, -0.25) is 0 Å². The average molecular weight is 248 g/mol. The van der Waals surface area contributed by atoms with Gasteiger partial charge in [0.05, 0.1) is 6.10 Å². The van der Waals surface area contributed by atoms with Gasteiger partial charge in [0.15, 0.2) is 0 Å². The van der Waals surface area contributed by atoms with E-state index in [1.807, 2.05) is 0 Å². The number of hydrogen-bond acceptors (Lipinski definition) is 1. The van der Waals surface area contributed by atoms with Crippen molar-refractivity contribution in [2.45, 2.75) is 19.4 Å². The van der Waals surface area contributed by atoms with Crippen molar-refractivity contribution in [2.24, 2.45) is 0 Å². The Morgan fingerprint density at radius 2 is 1.83 bits per heavy atom. The second-order valence-corrected chi connectivity index (χ2v) is 4.37. The predicted octanol–water partition coefficient (Wildman–Crippen LogP) is 3.55. The molecular weight excluding hydrogens is 234 g/mol. The molecule has 0 heterocycles. The second kappa shape index (κ2) is 5.27. The van der Waals surface area contributed by atoms with Crippen LogP contribution in [0.15, 0.2) is 42.5 Å². The van der Waals surface area contributed by atoms with Gasteiger partial charge in [-0.05, 0) is 41.8 Å². The lowest BCUT2D eigenvalue weighted by atomic mass is 9.99. The van der Waals surface area contributed by atoms with Crippen LogP contribution < -0.4 is 0 Å². The maximum atomic E-state index is 13.4. The molecule has 0 fully saturated rings. The van der Waals surface area contributed by atoms with Crippen LogP contribution in [0.25, 0.3) is 0 Å². The third kappa shape index (κ3) is 2.93. The molecule has 0 bridgehead atoms. The smallest absolute Gasteiger partial charge is 0.126 e. The standard InChI is InChI=1S/C15H14F2O/c1-10-6-12(8-13(16)7-10)15(18)9-11-4-2-3-5-14(11)17/h2-8,15,18H,9H2,1H3. The molecule has 3 heteroatoms. The van der Waals surface area contributed by atoms with Gasteiger partial charge < -0.3 is 5.11 Å². The summed E-state index contributed by atoms with van der Waals surface area (Å²) in [6, 6.07) is 10.6. The van der Waals surface area contributed by atoms with Crippen molar-refractivity contribution in [1.29, 1.82) is 0 Å². The fraction of sp³-hybridized carbons (Fsp3) is 0.200. The normalized spacial score (nSPS) is 12.4. The van der Waals surface area contributed by atoms with E-state index in [9.17, 15) is 13.9 Å². The summed E-state index contributed by atoms with van der Waals surface area (Å²) in [5.41, 5.74) is 1.63. The number of aliphatic hydroxyl groups is 1. The van der Waals surface area contributed by atoms with Gasteiger partial charge in [-0.15, -0.1) is 0 Å². The third-order valence-electron chi connectivity index (χ3n) is 2.82. The molecule has 0 amide bonds. The van der Waals surface area contributed by atoms with E-state index >= 15 is 0 Å². The number of rotatable bonds is 3. The number of benzene rings is 2. The van der Waals surface area contributed by atoms with E-state index in [-0.39, 0.29) is 12.2 Å². The summed E-state index contributed by atoms with van der Waals surface area (Å²) in [4.78, 5) is 0. The molecule has 0 saturated carbocycles. The molecule has 2 rings (SSSR count). The van der Waals surface area contributed by atoms with E-state index in [2.05, 4.69) is 0 Å².